The van der Waals surface area contributed by atoms with Crippen LogP contribution in [0.5, 0.6) is 0 Å². The number of pyridine rings is 1. The normalized spacial score (nSPS) is 14.3. The Morgan fingerprint density at radius 3 is 2.72 bits per heavy atom. The standard InChI is InChI=1S/C18H17ClN4O2/c1-11-3-4-12(2)15(9-11)23-17(24)8-6-14(22-23)18(25)21-16-7-5-13(19)10-20-16/h3-5,7,9-10H,6,8H2,1-2H3,(H,20,21,25). The molecular formula is C18H17ClN4O2. The number of benzene rings is 1. The van der Waals surface area contributed by atoms with Crippen LogP contribution in [0.4, 0.5) is 11.5 Å². The van der Waals surface area contributed by atoms with E-state index in [2.05, 4.69) is 15.4 Å². The number of anilines is 2. The lowest BCUT2D eigenvalue weighted by Crippen LogP contribution is -2.36. The number of amides is 2. The zero-order valence-corrected chi connectivity index (χ0v) is 14.7. The van der Waals surface area contributed by atoms with Gasteiger partial charge in [-0.2, -0.15) is 5.10 Å². The van der Waals surface area contributed by atoms with Crippen molar-refractivity contribution < 1.29 is 9.59 Å². The van der Waals surface area contributed by atoms with Gasteiger partial charge in [0.25, 0.3) is 5.91 Å². The van der Waals surface area contributed by atoms with Gasteiger partial charge in [-0.25, -0.2) is 9.99 Å². The van der Waals surface area contributed by atoms with E-state index in [1.807, 2.05) is 32.0 Å². The first-order valence-corrected chi connectivity index (χ1v) is 8.22. The summed E-state index contributed by atoms with van der Waals surface area (Å²) in [5, 5.41) is 8.76. The first-order valence-electron chi connectivity index (χ1n) is 7.84. The van der Waals surface area contributed by atoms with Crippen LogP contribution in [0, 0.1) is 13.8 Å². The highest BCUT2D eigenvalue weighted by molar-refractivity contribution is 6.44. The van der Waals surface area contributed by atoms with Crippen molar-refractivity contribution in [3.63, 3.8) is 0 Å². The van der Waals surface area contributed by atoms with Crippen LogP contribution >= 0.6 is 11.6 Å². The van der Waals surface area contributed by atoms with E-state index in [1.54, 1.807) is 12.1 Å². The molecular weight excluding hydrogens is 340 g/mol. The molecule has 0 atom stereocenters. The number of rotatable bonds is 3. The Bertz CT molecular complexity index is 862. The predicted octanol–water partition coefficient (Wildman–Crippen LogP) is 3.47. The average molecular weight is 357 g/mol. The molecule has 0 saturated carbocycles. The van der Waals surface area contributed by atoms with Crippen molar-refractivity contribution in [3.8, 4) is 0 Å². The highest BCUT2D eigenvalue weighted by atomic mass is 35.5. The third-order valence-corrected chi connectivity index (χ3v) is 4.08. The lowest BCUT2D eigenvalue weighted by molar-refractivity contribution is -0.118. The first-order chi connectivity index (χ1) is 11.9. The van der Waals surface area contributed by atoms with Crippen molar-refractivity contribution in [2.75, 3.05) is 10.3 Å². The summed E-state index contributed by atoms with van der Waals surface area (Å²) >= 11 is 5.78. The monoisotopic (exact) mass is 356 g/mol. The van der Waals surface area contributed by atoms with Gasteiger partial charge in [0, 0.05) is 19.0 Å². The fraction of sp³-hybridized carbons (Fsp3) is 0.222. The first kappa shape index (κ1) is 17.1. The number of carbonyl (C=O) groups excluding carboxylic acids is 2. The van der Waals surface area contributed by atoms with Gasteiger partial charge in [-0.15, -0.1) is 0 Å². The summed E-state index contributed by atoms with van der Waals surface area (Å²) in [5.41, 5.74) is 2.92. The van der Waals surface area contributed by atoms with Crippen molar-refractivity contribution >= 4 is 40.6 Å². The van der Waals surface area contributed by atoms with Gasteiger partial charge in [0.15, 0.2) is 0 Å². The predicted molar refractivity (Wildman–Crippen MR) is 97.9 cm³/mol. The molecule has 0 bridgehead atoms. The van der Waals surface area contributed by atoms with Crippen LogP contribution in [0.25, 0.3) is 0 Å². The third kappa shape index (κ3) is 3.85. The number of halogens is 1. The second kappa shape index (κ2) is 7.03. The zero-order valence-electron chi connectivity index (χ0n) is 13.9. The molecule has 1 aliphatic heterocycles. The van der Waals surface area contributed by atoms with Gasteiger partial charge in [-0.05, 0) is 43.2 Å². The molecule has 1 aliphatic rings. The summed E-state index contributed by atoms with van der Waals surface area (Å²) in [7, 11) is 0. The third-order valence-electron chi connectivity index (χ3n) is 3.86. The van der Waals surface area contributed by atoms with Crippen LogP contribution in [0.3, 0.4) is 0 Å². The van der Waals surface area contributed by atoms with Crippen molar-refractivity contribution in [2.45, 2.75) is 26.7 Å². The van der Waals surface area contributed by atoms with E-state index >= 15 is 0 Å². The highest BCUT2D eigenvalue weighted by Gasteiger charge is 2.26. The molecule has 2 aromatic rings. The number of hydrazone groups is 1. The van der Waals surface area contributed by atoms with Gasteiger partial charge in [-0.1, -0.05) is 23.7 Å². The molecule has 1 aromatic heterocycles. The maximum Gasteiger partial charge on any atom is 0.273 e. The molecule has 2 amide bonds. The molecule has 0 radical (unpaired) electrons. The van der Waals surface area contributed by atoms with E-state index < -0.39 is 0 Å². The number of nitrogens with one attached hydrogen (secondary N) is 1. The Morgan fingerprint density at radius 2 is 2.00 bits per heavy atom. The minimum Gasteiger partial charge on any atom is -0.305 e. The fourth-order valence-electron chi connectivity index (χ4n) is 2.49. The van der Waals surface area contributed by atoms with E-state index in [1.165, 1.54) is 11.2 Å². The SMILES string of the molecule is Cc1ccc(C)c(N2N=C(C(=O)Nc3ccc(Cl)cn3)CCC2=O)c1. The summed E-state index contributed by atoms with van der Waals surface area (Å²) in [6.45, 7) is 3.85. The molecule has 0 fully saturated rings. The van der Waals surface area contributed by atoms with E-state index in [0.717, 1.165) is 11.1 Å². The molecule has 7 heteroatoms. The van der Waals surface area contributed by atoms with Crippen LogP contribution in [0.15, 0.2) is 41.6 Å². The average Bonchev–Trinajstić information content (AvgIpc) is 2.59. The van der Waals surface area contributed by atoms with Crippen LogP contribution in [0.1, 0.15) is 24.0 Å². The minimum atomic E-state index is -0.377. The Labute approximate surface area is 150 Å². The summed E-state index contributed by atoms with van der Waals surface area (Å²) in [5.74, 6) is -0.125. The molecule has 6 nitrogen and oxygen atoms in total. The fourth-order valence-corrected chi connectivity index (χ4v) is 2.60. The maximum atomic E-state index is 12.4. The summed E-state index contributed by atoms with van der Waals surface area (Å²) in [6.07, 6.45) is 1.97. The van der Waals surface area contributed by atoms with Gasteiger partial charge in [0.1, 0.15) is 11.5 Å². The number of carbonyl (C=O) groups is 2. The molecule has 3 rings (SSSR count). The maximum absolute atomic E-state index is 12.4. The van der Waals surface area contributed by atoms with Gasteiger partial charge in [0.2, 0.25) is 5.91 Å². The Kier molecular flexibility index (Phi) is 4.81. The Morgan fingerprint density at radius 1 is 1.20 bits per heavy atom. The second-order valence-electron chi connectivity index (χ2n) is 5.86. The summed E-state index contributed by atoms with van der Waals surface area (Å²) in [6, 6.07) is 9.03. The van der Waals surface area contributed by atoms with Crippen molar-refractivity contribution in [1.82, 2.24) is 4.98 Å². The number of aryl methyl sites for hydroxylation is 2. The molecule has 0 unspecified atom stereocenters. The molecule has 25 heavy (non-hydrogen) atoms. The van der Waals surface area contributed by atoms with Gasteiger partial charge < -0.3 is 5.32 Å². The minimum absolute atomic E-state index is 0.130. The van der Waals surface area contributed by atoms with Crippen LogP contribution < -0.4 is 10.3 Å². The molecule has 2 heterocycles. The quantitative estimate of drug-likeness (QED) is 0.914. The van der Waals surface area contributed by atoms with E-state index in [-0.39, 0.29) is 23.9 Å². The molecule has 0 aliphatic carbocycles. The molecule has 1 N–H and O–H groups in total. The number of hydrogen-bond acceptors (Lipinski definition) is 4. The van der Waals surface area contributed by atoms with Gasteiger partial charge >= 0.3 is 0 Å². The molecule has 128 valence electrons. The zero-order chi connectivity index (χ0) is 18.0. The Hall–Kier alpha value is -2.73. The topological polar surface area (TPSA) is 74.7 Å². The number of aromatic nitrogens is 1. The van der Waals surface area contributed by atoms with Crippen molar-refractivity contribution in [2.24, 2.45) is 5.10 Å². The highest BCUT2D eigenvalue weighted by Crippen LogP contribution is 2.25. The molecule has 0 saturated heterocycles. The van der Waals surface area contributed by atoms with E-state index in [9.17, 15) is 9.59 Å². The van der Waals surface area contributed by atoms with Crippen molar-refractivity contribution in [3.05, 3.63) is 52.7 Å². The van der Waals surface area contributed by atoms with E-state index in [0.29, 0.717) is 22.9 Å². The lowest BCUT2D eigenvalue weighted by atomic mass is 10.1. The number of hydrogen-bond donors (Lipinski definition) is 1. The van der Waals surface area contributed by atoms with Gasteiger partial charge in [0.05, 0.1) is 10.7 Å². The molecule has 0 spiro atoms. The van der Waals surface area contributed by atoms with Crippen LogP contribution in [-0.2, 0) is 9.59 Å². The molecule has 1 aromatic carbocycles. The summed E-state index contributed by atoms with van der Waals surface area (Å²) in [4.78, 5) is 28.7. The summed E-state index contributed by atoms with van der Waals surface area (Å²) < 4.78 is 0. The largest absolute Gasteiger partial charge is 0.305 e. The second-order valence-corrected chi connectivity index (χ2v) is 6.29. The smallest absolute Gasteiger partial charge is 0.273 e. The Balaban J connectivity index is 1.86. The van der Waals surface area contributed by atoms with Crippen LogP contribution in [0.2, 0.25) is 5.02 Å². The van der Waals surface area contributed by atoms with E-state index in [4.69, 9.17) is 11.6 Å². The van der Waals surface area contributed by atoms with Crippen molar-refractivity contribution in [1.29, 1.82) is 0 Å². The number of nitrogens with zero attached hydrogens (tertiary/aromatic N) is 3. The lowest BCUT2D eigenvalue weighted by Gasteiger charge is -2.24. The van der Waals surface area contributed by atoms with Crippen LogP contribution in [-0.4, -0.2) is 22.5 Å². The van der Waals surface area contributed by atoms with Gasteiger partial charge in [-0.3, -0.25) is 9.59 Å².